The van der Waals surface area contributed by atoms with Gasteiger partial charge in [-0.15, -0.1) is 0 Å². The normalized spacial score (nSPS) is 10.6. The molecule has 0 aromatic carbocycles. The van der Waals surface area contributed by atoms with Crippen LogP contribution in [-0.4, -0.2) is 19.4 Å². The number of rotatable bonds is 6. The van der Waals surface area contributed by atoms with Crippen LogP contribution in [0.2, 0.25) is 0 Å². The summed E-state index contributed by atoms with van der Waals surface area (Å²) in [4.78, 5) is 4.89. The average molecular weight is 144 g/mol. The standard InChI is InChI=1S/C7H16N2O/c1-2-3-7-10-9-6-4-5-8/h6H,2-5,7-8H2,1H3. The van der Waals surface area contributed by atoms with Gasteiger partial charge in [0, 0.05) is 6.21 Å². The van der Waals surface area contributed by atoms with Crippen LogP contribution < -0.4 is 5.73 Å². The van der Waals surface area contributed by atoms with E-state index in [-0.39, 0.29) is 0 Å². The van der Waals surface area contributed by atoms with Crippen LogP contribution in [0.5, 0.6) is 0 Å². The van der Waals surface area contributed by atoms with E-state index in [2.05, 4.69) is 12.1 Å². The Balaban J connectivity index is 2.88. The molecule has 0 aliphatic rings. The lowest BCUT2D eigenvalue weighted by Crippen LogP contribution is -1.98. The smallest absolute Gasteiger partial charge is 0.117 e. The maximum atomic E-state index is 5.22. The van der Waals surface area contributed by atoms with Gasteiger partial charge in [-0.1, -0.05) is 18.5 Å². The van der Waals surface area contributed by atoms with Crippen molar-refractivity contribution < 1.29 is 4.84 Å². The largest absolute Gasteiger partial charge is 0.396 e. The van der Waals surface area contributed by atoms with Gasteiger partial charge in [0.15, 0.2) is 0 Å². The molecule has 0 radical (unpaired) electrons. The number of hydrogen-bond donors (Lipinski definition) is 1. The van der Waals surface area contributed by atoms with Crippen molar-refractivity contribution in [3.05, 3.63) is 0 Å². The van der Waals surface area contributed by atoms with Gasteiger partial charge in [0.25, 0.3) is 0 Å². The average Bonchev–Trinajstić information content (AvgIpc) is 1.97. The van der Waals surface area contributed by atoms with Gasteiger partial charge in [-0.3, -0.25) is 0 Å². The molecule has 0 spiro atoms. The van der Waals surface area contributed by atoms with Crippen LogP contribution in [0, 0.1) is 0 Å². The van der Waals surface area contributed by atoms with Gasteiger partial charge in [-0.2, -0.15) is 0 Å². The molecule has 0 heterocycles. The van der Waals surface area contributed by atoms with Crippen LogP contribution in [0.1, 0.15) is 26.2 Å². The van der Waals surface area contributed by atoms with Gasteiger partial charge in [-0.05, 0) is 19.4 Å². The van der Waals surface area contributed by atoms with Crippen molar-refractivity contribution >= 4 is 6.21 Å². The summed E-state index contributed by atoms with van der Waals surface area (Å²) in [6, 6.07) is 0. The maximum Gasteiger partial charge on any atom is 0.117 e. The minimum absolute atomic E-state index is 0.640. The van der Waals surface area contributed by atoms with Crippen LogP contribution >= 0.6 is 0 Å². The zero-order valence-corrected chi connectivity index (χ0v) is 6.55. The van der Waals surface area contributed by atoms with Crippen molar-refractivity contribution in [2.45, 2.75) is 26.2 Å². The van der Waals surface area contributed by atoms with Crippen LogP contribution in [0.15, 0.2) is 5.16 Å². The minimum atomic E-state index is 0.640. The van der Waals surface area contributed by atoms with Gasteiger partial charge in [0.1, 0.15) is 6.61 Å². The van der Waals surface area contributed by atoms with E-state index in [1.54, 1.807) is 6.21 Å². The first-order valence-electron chi connectivity index (χ1n) is 3.75. The monoisotopic (exact) mass is 144 g/mol. The molecule has 10 heavy (non-hydrogen) atoms. The van der Waals surface area contributed by atoms with Crippen LogP contribution in [-0.2, 0) is 4.84 Å². The maximum absolute atomic E-state index is 5.22. The Morgan fingerprint density at radius 3 is 3.00 bits per heavy atom. The Hall–Kier alpha value is -0.570. The highest BCUT2D eigenvalue weighted by molar-refractivity contribution is 5.56. The molecule has 0 unspecified atom stereocenters. The highest BCUT2D eigenvalue weighted by atomic mass is 16.6. The summed E-state index contributed by atoms with van der Waals surface area (Å²) in [5.41, 5.74) is 5.22. The Morgan fingerprint density at radius 2 is 2.40 bits per heavy atom. The molecule has 0 amide bonds. The second kappa shape index (κ2) is 8.43. The molecule has 0 atom stereocenters. The van der Waals surface area contributed by atoms with Gasteiger partial charge in [0.2, 0.25) is 0 Å². The van der Waals surface area contributed by atoms with E-state index in [1.807, 2.05) is 0 Å². The van der Waals surface area contributed by atoms with Crippen LogP contribution in [0.25, 0.3) is 0 Å². The molecule has 0 aromatic rings. The van der Waals surface area contributed by atoms with Crippen molar-refractivity contribution in [1.82, 2.24) is 0 Å². The first kappa shape index (κ1) is 9.43. The predicted molar refractivity (Wildman–Crippen MR) is 43.0 cm³/mol. The minimum Gasteiger partial charge on any atom is -0.396 e. The molecular weight excluding hydrogens is 128 g/mol. The van der Waals surface area contributed by atoms with E-state index in [0.717, 1.165) is 25.9 Å². The molecule has 0 saturated carbocycles. The molecule has 0 saturated heterocycles. The van der Waals surface area contributed by atoms with E-state index < -0.39 is 0 Å². The zero-order chi connectivity index (χ0) is 7.66. The summed E-state index contributed by atoms with van der Waals surface area (Å²) in [5, 5.41) is 3.69. The summed E-state index contributed by atoms with van der Waals surface area (Å²) in [6.45, 7) is 3.48. The topological polar surface area (TPSA) is 47.6 Å². The van der Waals surface area contributed by atoms with E-state index in [9.17, 15) is 0 Å². The lowest BCUT2D eigenvalue weighted by atomic mass is 10.4. The molecule has 0 aliphatic carbocycles. The van der Waals surface area contributed by atoms with Crippen LogP contribution in [0.3, 0.4) is 0 Å². The number of hydrogen-bond acceptors (Lipinski definition) is 3. The summed E-state index contributed by atoms with van der Waals surface area (Å²) in [7, 11) is 0. The van der Waals surface area contributed by atoms with Gasteiger partial charge in [-0.25, -0.2) is 0 Å². The number of oxime groups is 1. The molecule has 2 N–H and O–H groups in total. The first-order valence-corrected chi connectivity index (χ1v) is 3.75. The van der Waals surface area contributed by atoms with E-state index in [0.29, 0.717) is 6.54 Å². The summed E-state index contributed by atoms with van der Waals surface area (Å²) in [5.74, 6) is 0. The second-order valence-corrected chi connectivity index (χ2v) is 2.05. The Morgan fingerprint density at radius 1 is 1.60 bits per heavy atom. The van der Waals surface area contributed by atoms with Gasteiger partial charge < -0.3 is 10.6 Å². The summed E-state index contributed by atoms with van der Waals surface area (Å²) >= 11 is 0. The Kier molecular flexibility index (Phi) is 7.95. The lowest BCUT2D eigenvalue weighted by Gasteiger charge is -1.94. The fraction of sp³-hybridized carbons (Fsp3) is 0.857. The number of nitrogens with zero attached hydrogens (tertiary/aromatic N) is 1. The van der Waals surface area contributed by atoms with Crippen molar-refractivity contribution in [1.29, 1.82) is 0 Å². The van der Waals surface area contributed by atoms with E-state index in [1.165, 1.54) is 0 Å². The summed E-state index contributed by atoms with van der Waals surface area (Å²) in [6.07, 6.45) is 4.72. The number of nitrogens with two attached hydrogens (primary N) is 1. The molecule has 0 aromatic heterocycles. The van der Waals surface area contributed by atoms with Crippen LogP contribution in [0.4, 0.5) is 0 Å². The number of unbranched alkanes of at least 4 members (excludes halogenated alkanes) is 1. The molecule has 0 bridgehead atoms. The first-order chi connectivity index (χ1) is 4.91. The second-order valence-electron chi connectivity index (χ2n) is 2.05. The predicted octanol–water partition coefficient (Wildman–Crippen LogP) is 1.14. The third kappa shape index (κ3) is 7.43. The molecule has 0 rings (SSSR count). The van der Waals surface area contributed by atoms with E-state index in [4.69, 9.17) is 10.6 Å². The fourth-order valence-corrected chi connectivity index (χ4v) is 0.442. The Labute approximate surface area is 62.2 Å². The fourth-order valence-electron chi connectivity index (χ4n) is 0.442. The molecular formula is C7H16N2O. The van der Waals surface area contributed by atoms with Crippen molar-refractivity contribution in [2.24, 2.45) is 10.9 Å². The molecule has 3 heteroatoms. The highest BCUT2D eigenvalue weighted by Crippen LogP contribution is 1.87. The van der Waals surface area contributed by atoms with Gasteiger partial charge >= 0.3 is 0 Å². The third-order valence-electron chi connectivity index (χ3n) is 1.03. The third-order valence-corrected chi connectivity index (χ3v) is 1.03. The molecule has 0 aliphatic heterocycles. The summed E-state index contributed by atoms with van der Waals surface area (Å²) < 4.78 is 0. The van der Waals surface area contributed by atoms with Crippen molar-refractivity contribution in [2.75, 3.05) is 13.2 Å². The van der Waals surface area contributed by atoms with Crippen molar-refractivity contribution in [3.63, 3.8) is 0 Å². The molecule has 3 nitrogen and oxygen atoms in total. The molecule has 0 fully saturated rings. The van der Waals surface area contributed by atoms with Crippen molar-refractivity contribution in [3.8, 4) is 0 Å². The zero-order valence-electron chi connectivity index (χ0n) is 6.55. The van der Waals surface area contributed by atoms with E-state index >= 15 is 0 Å². The highest BCUT2D eigenvalue weighted by Gasteiger charge is 1.80. The molecule has 60 valence electrons. The Bertz CT molecular complexity index is 83.7. The van der Waals surface area contributed by atoms with Gasteiger partial charge in [0.05, 0.1) is 0 Å². The quantitative estimate of drug-likeness (QED) is 0.345. The lowest BCUT2D eigenvalue weighted by molar-refractivity contribution is 0.142. The SMILES string of the molecule is CCCCON=CCCN.